The third-order valence-electron chi connectivity index (χ3n) is 4.09. The molecule has 1 N–H and O–H groups in total. The molecule has 1 saturated heterocycles. The van der Waals surface area contributed by atoms with E-state index < -0.39 is 0 Å². The monoisotopic (exact) mass is 356 g/mol. The molecule has 0 atom stereocenters. The highest BCUT2D eigenvalue weighted by Crippen LogP contribution is 2.21. The van der Waals surface area contributed by atoms with E-state index in [1.807, 2.05) is 6.07 Å². The molecule has 0 radical (unpaired) electrons. The van der Waals surface area contributed by atoms with Crippen molar-refractivity contribution < 1.29 is 4.39 Å². The maximum atomic E-state index is 13.8. The van der Waals surface area contributed by atoms with Crippen molar-refractivity contribution in [2.75, 3.05) is 26.2 Å². The summed E-state index contributed by atoms with van der Waals surface area (Å²) >= 11 is 3.42. The number of rotatable bonds is 6. The first-order chi connectivity index (χ1) is 10.0. The standard InChI is InChI=1S/C17H26BrFN2/c1-13(2)10-20-11-14-5-7-21(8-6-14)12-15-9-16(18)3-4-17(15)19/h3-4,9,13-14,20H,5-8,10-12H2,1-2H3. The van der Waals surface area contributed by atoms with Crippen molar-refractivity contribution in [2.24, 2.45) is 11.8 Å². The number of hydrogen-bond donors (Lipinski definition) is 1. The van der Waals surface area contributed by atoms with E-state index in [-0.39, 0.29) is 5.82 Å². The van der Waals surface area contributed by atoms with Crippen LogP contribution >= 0.6 is 15.9 Å². The van der Waals surface area contributed by atoms with Crippen LogP contribution in [0.2, 0.25) is 0 Å². The maximum absolute atomic E-state index is 13.8. The number of nitrogens with one attached hydrogen (secondary N) is 1. The summed E-state index contributed by atoms with van der Waals surface area (Å²) in [6.45, 7) is 9.56. The number of hydrogen-bond acceptors (Lipinski definition) is 2. The topological polar surface area (TPSA) is 15.3 Å². The fraction of sp³-hybridized carbons (Fsp3) is 0.647. The molecule has 0 bridgehead atoms. The molecule has 118 valence electrons. The third-order valence-corrected chi connectivity index (χ3v) is 4.59. The van der Waals surface area contributed by atoms with E-state index in [0.29, 0.717) is 5.92 Å². The minimum atomic E-state index is -0.0982. The smallest absolute Gasteiger partial charge is 0.127 e. The molecule has 0 amide bonds. The fourth-order valence-corrected chi connectivity index (χ4v) is 3.24. The average Bonchev–Trinajstić information content (AvgIpc) is 2.44. The van der Waals surface area contributed by atoms with E-state index in [2.05, 4.69) is 40.0 Å². The van der Waals surface area contributed by atoms with Crippen molar-refractivity contribution in [3.05, 3.63) is 34.1 Å². The number of benzene rings is 1. The lowest BCUT2D eigenvalue weighted by Gasteiger charge is -2.32. The van der Waals surface area contributed by atoms with Crippen molar-refractivity contribution in [1.82, 2.24) is 10.2 Å². The van der Waals surface area contributed by atoms with Gasteiger partial charge in [-0.3, -0.25) is 4.90 Å². The van der Waals surface area contributed by atoms with Crippen LogP contribution in [-0.2, 0) is 6.54 Å². The second-order valence-corrected chi connectivity index (χ2v) is 7.42. The Balaban J connectivity index is 1.75. The van der Waals surface area contributed by atoms with E-state index in [9.17, 15) is 4.39 Å². The summed E-state index contributed by atoms with van der Waals surface area (Å²) < 4.78 is 14.7. The maximum Gasteiger partial charge on any atom is 0.127 e. The lowest BCUT2D eigenvalue weighted by molar-refractivity contribution is 0.173. The summed E-state index contributed by atoms with van der Waals surface area (Å²) in [5, 5.41) is 3.55. The van der Waals surface area contributed by atoms with Gasteiger partial charge in [0.25, 0.3) is 0 Å². The average molecular weight is 357 g/mol. The van der Waals surface area contributed by atoms with Crippen LogP contribution in [0.3, 0.4) is 0 Å². The molecule has 21 heavy (non-hydrogen) atoms. The number of piperidine rings is 1. The van der Waals surface area contributed by atoms with Crippen LogP contribution in [0.25, 0.3) is 0 Å². The van der Waals surface area contributed by atoms with Gasteiger partial charge in [-0.2, -0.15) is 0 Å². The van der Waals surface area contributed by atoms with Gasteiger partial charge in [0.1, 0.15) is 5.82 Å². The fourth-order valence-electron chi connectivity index (χ4n) is 2.83. The Hall–Kier alpha value is -0.450. The molecule has 0 unspecified atom stereocenters. The summed E-state index contributed by atoms with van der Waals surface area (Å²) in [6.07, 6.45) is 2.42. The Labute approximate surface area is 136 Å². The molecule has 1 fully saturated rings. The SMILES string of the molecule is CC(C)CNCC1CCN(Cc2cc(Br)ccc2F)CC1. The van der Waals surface area contributed by atoms with Crippen LogP contribution in [0.15, 0.2) is 22.7 Å². The molecule has 2 nitrogen and oxygen atoms in total. The van der Waals surface area contributed by atoms with E-state index in [1.54, 1.807) is 12.1 Å². The lowest BCUT2D eigenvalue weighted by Crippen LogP contribution is -2.37. The first kappa shape index (κ1) is 16.9. The molecule has 0 aliphatic carbocycles. The first-order valence-electron chi connectivity index (χ1n) is 7.91. The number of nitrogens with zero attached hydrogens (tertiary/aromatic N) is 1. The molecule has 1 aliphatic heterocycles. The Morgan fingerprint density at radius 1 is 1.33 bits per heavy atom. The second kappa shape index (κ2) is 8.25. The van der Waals surface area contributed by atoms with Gasteiger partial charge in [0.2, 0.25) is 0 Å². The lowest BCUT2D eigenvalue weighted by atomic mass is 9.96. The zero-order valence-electron chi connectivity index (χ0n) is 13.0. The molecule has 1 aliphatic rings. The molecule has 1 aromatic carbocycles. The van der Waals surface area contributed by atoms with Gasteiger partial charge in [-0.15, -0.1) is 0 Å². The molecular formula is C17H26BrFN2. The molecule has 0 aromatic heterocycles. The molecule has 1 aromatic rings. The largest absolute Gasteiger partial charge is 0.316 e. The third kappa shape index (κ3) is 5.68. The second-order valence-electron chi connectivity index (χ2n) is 6.51. The van der Waals surface area contributed by atoms with Crippen LogP contribution in [-0.4, -0.2) is 31.1 Å². The zero-order valence-corrected chi connectivity index (χ0v) is 14.6. The first-order valence-corrected chi connectivity index (χ1v) is 8.71. The molecule has 2 rings (SSSR count). The Morgan fingerprint density at radius 3 is 2.71 bits per heavy atom. The van der Waals surface area contributed by atoms with Gasteiger partial charge in [-0.25, -0.2) is 4.39 Å². The van der Waals surface area contributed by atoms with Gasteiger partial charge in [-0.05, 0) is 69.1 Å². The minimum Gasteiger partial charge on any atom is -0.316 e. The van der Waals surface area contributed by atoms with E-state index in [1.165, 1.54) is 12.8 Å². The van der Waals surface area contributed by atoms with Crippen LogP contribution in [0.1, 0.15) is 32.3 Å². The Morgan fingerprint density at radius 2 is 2.05 bits per heavy atom. The summed E-state index contributed by atoms with van der Waals surface area (Å²) in [7, 11) is 0. The number of halogens is 2. The van der Waals surface area contributed by atoms with Crippen molar-refractivity contribution >= 4 is 15.9 Å². The van der Waals surface area contributed by atoms with Gasteiger partial charge in [0.05, 0.1) is 0 Å². The predicted octanol–water partition coefficient (Wildman–Crippen LogP) is 4.05. The quantitative estimate of drug-likeness (QED) is 0.827. The van der Waals surface area contributed by atoms with Gasteiger partial charge in [0.15, 0.2) is 0 Å². The van der Waals surface area contributed by atoms with Crippen molar-refractivity contribution in [3.8, 4) is 0 Å². The van der Waals surface area contributed by atoms with Crippen LogP contribution in [0, 0.1) is 17.7 Å². The van der Waals surface area contributed by atoms with Gasteiger partial charge in [0, 0.05) is 16.6 Å². The van der Waals surface area contributed by atoms with Gasteiger partial charge >= 0.3 is 0 Å². The highest BCUT2D eigenvalue weighted by molar-refractivity contribution is 9.10. The molecule has 0 saturated carbocycles. The predicted molar refractivity (Wildman–Crippen MR) is 89.8 cm³/mol. The molecule has 1 heterocycles. The number of likely N-dealkylation sites (tertiary alicyclic amines) is 1. The Bertz CT molecular complexity index is 442. The van der Waals surface area contributed by atoms with Crippen LogP contribution in [0.5, 0.6) is 0 Å². The summed E-state index contributed by atoms with van der Waals surface area (Å²) in [5.74, 6) is 1.39. The van der Waals surface area contributed by atoms with Crippen molar-refractivity contribution in [1.29, 1.82) is 0 Å². The van der Waals surface area contributed by atoms with Gasteiger partial charge in [-0.1, -0.05) is 29.8 Å². The van der Waals surface area contributed by atoms with E-state index in [4.69, 9.17) is 0 Å². The normalized spacial score (nSPS) is 17.6. The van der Waals surface area contributed by atoms with Gasteiger partial charge < -0.3 is 5.32 Å². The summed E-state index contributed by atoms with van der Waals surface area (Å²) in [5.41, 5.74) is 0.792. The molecule has 4 heteroatoms. The minimum absolute atomic E-state index is 0.0982. The Kier molecular flexibility index (Phi) is 6.65. The molecule has 0 spiro atoms. The molecular weight excluding hydrogens is 331 g/mol. The highest BCUT2D eigenvalue weighted by atomic mass is 79.9. The van der Waals surface area contributed by atoms with Crippen molar-refractivity contribution in [3.63, 3.8) is 0 Å². The summed E-state index contributed by atoms with van der Waals surface area (Å²) in [6, 6.07) is 5.19. The van der Waals surface area contributed by atoms with E-state index >= 15 is 0 Å². The highest BCUT2D eigenvalue weighted by Gasteiger charge is 2.19. The van der Waals surface area contributed by atoms with E-state index in [0.717, 1.165) is 48.7 Å². The zero-order chi connectivity index (χ0) is 15.2. The summed E-state index contributed by atoms with van der Waals surface area (Å²) in [4.78, 5) is 2.36. The van der Waals surface area contributed by atoms with Crippen molar-refractivity contribution in [2.45, 2.75) is 33.2 Å². The van der Waals surface area contributed by atoms with Crippen LogP contribution < -0.4 is 5.32 Å². The van der Waals surface area contributed by atoms with Crippen LogP contribution in [0.4, 0.5) is 4.39 Å².